The molecule has 0 bridgehead atoms. The van der Waals surface area contributed by atoms with Crippen molar-refractivity contribution < 1.29 is 28.2 Å². The molecule has 0 heterocycles. The standard InChI is InChI=1S/C11H15NO6S/c1-18-10(14)6-9(13)11(15)7-3-2-4-8(5-7)19(12,16)17/h2-5,9,11,13,15H,6H2,1H3,(H2,12,16,17). The molecule has 0 radical (unpaired) electrons. The molecule has 1 aromatic rings. The molecule has 0 spiro atoms. The van der Waals surface area contributed by atoms with Gasteiger partial charge in [-0.3, -0.25) is 4.79 Å². The van der Waals surface area contributed by atoms with Gasteiger partial charge in [-0.1, -0.05) is 12.1 Å². The minimum atomic E-state index is -3.90. The number of esters is 1. The van der Waals surface area contributed by atoms with Crippen LogP contribution in [0.25, 0.3) is 0 Å². The van der Waals surface area contributed by atoms with Gasteiger partial charge in [0.15, 0.2) is 0 Å². The number of nitrogens with two attached hydrogens (primary N) is 1. The van der Waals surface area contributed by atoms with Gasteiger partial charge in [0.25, 0.3) is 0 Å². The fraction of sp³-hybridized carbons (Fsp3) is 0.364. The lowest BCUT2D eigenvalue weighted by molar-refractivity contribution is -0.144. The molecule has 1 aromatic carbocycles. The van der Waals surface area contributed by atoms with Gasteiger partial charge in [-0.15, -0.1) is 0 Å². The summed E-state index contributed by atoms with van der Waals surface area (Å²) < 4.78 is 26.7. The number of aliphatic hydroxyl groups is 2. The van der Waals surface area contributed by atoms with Crippen molar-refractivity contribution >= 4 is 16.0 Å². The molecule has 106 valence electrons. The number of aliphatic hydroxyl groups excluding tert-OH is 2. The molecule has 0 aliphatic rings. The first-order chi connectivity index (χ1) is 8.75. The Morgan fingerprint density at radius 3 is 2.58 bits per heavy atom. The monoisotopic (exact) mass is 289 g/mol. The van der Waals surface area contributed by atoms with Crippen LogP contribution in [-0.2, 0) is 19.6 Å². The van der Waals surface area contributed by atoms with Crippen molar-refractivity contribution in [2.75, 3.05) is 7.11 Å². The van der Waals surface area contributed by atoms with Crippen LogP contribution in [0.1, 0.15) is 18.1 Å². The van der Waals surface area contributed by atoms with E-state index in [2.05, 4.69) is 4.74 Å². The summed E-state index contributed by atoms with van der Waals surface area (Å²) in [6, 6.07) is 5.20. The van der Waals surface area contributed by atoms with E-state index in [1.807, 2.05) is 0 Å². The van der Waals surface area contributed by atoms with Gasteiger partial charge in [-0.25, -0.2) is 13.6 Å². The van der Waals surface area contributed by atoms with Gasteiger partial charge in [0.2, 0.25) is 10.0 Å². The van der Waals surface area contributed by atoms with Crippen molar-refractivity contribution in [2.24, 2.45) is 5.14 Å². The third kappa shape index (κ3) is 4.28. The Bertz CT molecular complexity index is 556. The van der Waals surface area contributed by atoms with Gasteiger partial charge in [0.1, 0.15) is 6.10 Å². The zero-order chi connectivity index (χ0) is 14.6. The van der Waals surface area contributed by atoms with Gasteiger partial charge < -0.3 is 14.9 Å². The quantitative estimate of drug-likeness (QED) is 0.615. The summed E-state index contributed by atoms with van der Waals surface area (Å²) in [6.07, 6.45) is -3.22. The van der Waals surface area contributed by atoms with E-state index in [1.54, 1.807) is 0 Å². The number of rotatable bonds is 5. The van der Waals surface area contributed by atoms with Crippen molar-refractivity contribution in [3.63, 3.8) is 0 Å². The number of ether oxygens (including phenoxy) is 1. The Kier molecular flexibility index (Phi) is 5.01. The van der Waals surface area contributed by atoms with Gasteiger partial charge in [-0.2, -0.15) is 0 Å². The second-order valence-corrected chi connectivity index (χ2v) is 5.47. The van der Waals surface area contributed by atoms with E-state index in [1.165, 1.54) is 18.2 Å². The summed E-state index contributed by atoms with van der Waals surface area (Å²) in [5, 5.41) is 24.4. The van der Waals surface area contributed by atoms with Crippen LogP contribution in [0.15, 0.2) is 29.2 Å². The third-order valence-electron chi connectivity index (χ3n) is 2.50. The van der Waals surface area contributed by atoms with Crippen LogP contribution in [0.3, 0.4) is 0 Å². The number of carbonyl (C=O) groups is 1. The summed E-state index contributed by atoms with van der Waals surface area (Å²) in [7, 11) is -2.74. The van der Waals surface area contributed by atoms with Crippen molar-refractivity contribution in [3.05, 3.63) is 29.8 Å². The first-order valence-electron chi connectivity index (χ1n) is 5.31. The van der Waals surface area contributed by atoms with Crippen LogP contribution < -0.4 is 5.14 Å². The molecular formula is C11H15NO6S. The highest BCUT2D eigenvalue weighted by atomic mass is 32.2. The molecule has 2 atom stereocenters. The van der Waals surface area contributed by atoms with Gasteiger partial charge in [0.05, 0.1) is 24.5 Å². The Hall–Kier alpha value is -1.48. The zero-order valence-electron chi connectivity index (χ0n) is 10.2. The number of sulfonamides is 1. The molecule has 0 aromatic heterocycles. The van der Waals surface area contributed by atoms with Gasteiger partial charge >= 0.3 is 5.97 Å². The van der Waals surface area contributed by atoms with E-state index in [4.69, 9.17) is 5.14 Å². The van der Waals surface area contributed by atoms with E-state index in [-0.39, 0.29) is 10.5 Å². The fourth-order valence-electron chi connectivity index (χ4n) is 1.46. The fourth-order valence-corrected chi connectivity index (χ4v) is 2.03. The molecule has 0 saturated carbocycles. The molecule has 2 unspecified atom stereocenters. The second-order valence-electron chi connectivity index (χ2n) is 3.91. The molecule has 0 aliphatic carbocycles. The molecule has 0 amide bonds. The molecule has 8 heteroatoms. The summed E-state index contributed by atoms with van der Waals surface area (Å²) in [6.45, 7) is 0. The summed E-state index contributed by atoms with van der Waals surface area (Å²) in [5.41, 5.74) is 0.142. The summed E-state index contributed by atoms with van der Waals surface area (Å²) in [4.78, 5) is 10.8. The first-order valence-corrected chi connectivity index (χ1v) is 6.86. The largest absolute Gasteiger partial charge is 0.469 e. The number of hydrogen-bond donors (Lipinski definition) is 3. The normalized spacial score (nSPS) is 14.7. The third-order valence-corrected chi connectivity index (χ3v) is 3.41. The Morgan fingerprint density at radius 2 is 2.05 bits per heavy atom. The molecular weight excluding hydrogens is 274 g/mol. The van der Waals surface area contributed by atoms with Crippen LogP contribution in [-0.4, -0.2) is 37.8 Å². The minimum Gasteiger partial charge on any atom is -0.469 e. The van der Waals surface area contributed by atoms with Crippen LogP contribution in [0.5, 0.6) is 0 Å². The van der Waals surface area contributed by atoms with Crippen molar-refractivity contribution in [2.45, 2.75) is 23.5 Å². The smallest absolute Gasteiger partial charge is 0.308 e. The number of primary sulfonamides is 1. The summed E-state index contributed by atoms with van der Waals surface area (Å²) in [5.74, 6) is -0.686. The maximum Gasteiger partial charge on any atom is 0.308 e. The molecule has 1 rings (SSSR count). The van der Waals surface area contributed by atoms with Crippen molar-refractivity contribution in [1.29, 1.82) is 0 Å². The Balaban J connectivity index is 2.94. The Labute approximate surface area is 110 Å². The predicted octanol–water partition coefficient (Wildman–Crippen LogP) is -0.709. The van der Waals surface area contributed by atoms with E-state index < -0.39 is 34.6 Å². The highest BCUT2D eigenvalue weighted by Crippen LogP contribution is 2.21. The van der Waals surface area contributed by atoms with Crippen molar-refractivity contribution in [3.8, 4) is 0 Å². The lowest BCUT2D eigenvalue weighted by Gasteiger charge is -2.17. The number of methoxy groups -OCH3 is 1. The van der Waals surface area contributed by atoms with E-state index >= 15 is 0 Å². The molecule has 7 nitrogen and oxygen atoms in total. The second kappa shape index (κ2) is 6.11. The lowest BCUT2D eigenvalue weighted by atomic mass is 10.0. The molecule has 0 aliphatic heterocycles. The van der Waals surface area contributed by atoms with E-state index in [9.17, 15) is 23.4 Å². The topological polar surface area (TPSA) is 127 Å². The van der Waals surface area contributed by atoms with Crippen LogP contribution in [0.4, 0.5) is 0 Å². The highest BCUT2D eigenvalue weighted by Gasteiger charge is 2.22. The van der Waals surface area contributed by atoms with E-state index in [0.717, 1.165) is 13.2 Å². The maximum atomic E-state index is 11.2. The lowest BCUT2D eigenvalue weighted by Crippen LogP contribution is -2.23. The minimum absolute atomic E-state index is 0.142. The SMILES string of the molecule is COC(=O)CC(O)C(O)c1cccc(S(N)(=O)=O)c1. The molecule has 0 fully saturated rings. The molecule has 19 heavy (non-hydrogen) atoms. The zero-order valence-corrected chi connectivity index (χ0v) is 11.0. The van der Waals surface area contributed by atoms with Crippen LogP contribution in [0.2, 0.25) is 0 Å². The number of benzene rings is 1. The van der Waals surface area contributed by atoms with Crippen LogP contribution in [0, 0.1) is 0 Å². The maximum absolute atomic E-state index is 11.2. The van der Waals surface area contributed by atoms with Crippen LogP contribution >= 0.6 is 0 Å². The predicted molar refractivity (Wildman–Crippen MR) is 65.4 cm³/mol. The average molecular weight is 289 g/mol. The molecule has 4 N–H and O–H groups in total. The number of hydrogen-bond acceptors (Lipinski definition) is 6. The average Bonchev–Trinajstić information content (AvgIpc) is 2.36. The van der Waals surface area contributed by atoms with E-state index in [0.29, 0.717) is 0 Å². The first kappa shape index (κ1) is 15.6. The van der Waals surface area contributed by atoms with Gasteiger partial charge in [-0.05, 0) is 17.7 Å². The molecule has 0 saturated heterocycles. The van der Waals surface area contributed by atoms with Crippen molar-refractivity contribution in [1.82, 2.24) is 0 Å². The highest BCUT2D eigenvalue weighted by molar-refractivity contribution is 7.89. The van der Waals surface area contributed by atoms with Gasteiger partial charge in [0, 0.05) is 0 Å². The number of carbonyl (C=O) groups excluding carboxylic acids is 1. The Morgan fingerprint density at radius 1 is 1.42 bits per heavy atom. The summed E-state index contributed by atoms with van der Waals surface area (Å²) >= 11 is 0.